The van der Waals surface area contributed by atoms with Crippen LogP contribution in [0.3, 0.4) is 0 Å². The van der Waals surface area contributed by atoms with Crippen LogP contribution in [0.2, 0.25) is 10.0 Å². The third kappa shape index (κ3) is 6.21. The fraction of sp³-hybridized carbons (Fsp3) is 0.136. The van der Waals surface area contributed by atoms with Crippen molar-refractivity contribution in [2.75, 3.05) is 6.61 Å². The highest BCUT2D eigenvalue weighted by Gasteiger charge is 2.31. The Kier molecular flexibility index (Phi) is 7.06. The molecule has 0 aliphatic rings. The van der Waals surface area contributed by atoms with E-state index in [1.807, 2.05) is 0 Å². The van der Waals surface area contributed by atoms with Crippen molar-refractivity contribution in [2.45, 2.75) is 12.8 Å². The second-order valence-electron chi connectivity index (χ2n) is 6.65. The fourth-order valence-electron chi connectivity index (χ4n) is 2.97. The molecule has 0 radical (unpaired) electrons. The van der Waals surface area contributed by atoms with Gasteiger partial charge in [0.25, 0.3) is 0 Å². The molecule has 32 heavy (non-hydrogen) atoms. The number of phenols is 1. The molecule has 3 aromatic rings. The van der Waals surface area contributed by atoms with E-state index in [2.05, 4.69) is 4.74 Å². The Labute approximate surface area is 190 Å². The van der Waals surface area contributed by atoms with Gasteiger partial charge in [-0.1, -0.05) is 41.4 Å². The molecule has 3 rings (SSSR count). The molecular weight excluding hydrogens is 472 g/mol. The summed E-state index contributed by atoms with van der Waals surface area (Å²) in [4.78, 5) is 10.6. The van der Waals surface area contributed by atoms with E-state index < -0.39 is 24.7 Å². The highest BCUT2D eigenvalue weighted by molar-refractivity contribution is 6.36. The summed E-state index contributed by atoms with van der Waals surface area (Å²) >= 11 is 12.6. The molecule has 0 atom stereocenters. The third-order valence-corrected chi connectivity index (χ3v) is 4.97. The average Bonchev–Trinajstić information content (AvgIpc) is 2.69. The Morgan fingerprint density at radius 1 is 0.969 bits per heavy atom. The van der Waals surface area contributed by atoms with E-state index >= 15 is 0 Å². The lowest BCUT2D eigenvalue weighted by Crippen LogP contribution is -2.17. The van der Waals surface area contributed by atoms with Crippen LogP contribution in [0.15, 0.2) is 54.6 Å². The van der Waals surface area contributed by atoms with Gasteiger partial charge in [0.1, 0.15) is 17.2 Å². The first kappa shape index (κ1) is 23.6. The Bertz CT molecular complexity index is 1130. The van der Waals surface area contributed by atoms with E-state index in [4.69, 9.17) is 33.0 Å². The maximum Gasteiger partial charge on any atom is 0.573 e. The number of hydrogen-bond acceptors (Lipinski definition) is 4. The summed E-state index contributed by atoms with van der Waals surface area (Å²) in [7, 11) is 0. The first-order chi connectivity index (χ1) is 15.0. The monoisotopic (exact) mass is 486 g/mol. The average molecular weight is 487 g/mol. The van der Waals surface area contributed by atoms with Crippen molar-refractivity contribution in [3.8, 4) is 28.4 Å². The quantitative estimate of drug-likeness (QED) is 0.408. The topological polar surface area (TPSA) is 76.0 Å². The summed E-state index contributed by atoms with van der Waals surface area (Å²) in [5.74, 6) is -1.50. The molecule has 2 N–H and O–H groups in total. The molecule has 0 heterocycles. The number of aromatic hydroxyl groups is 1. The van der Waals surface area contributed by atoms with Crippen LogP contribution in [-0.2, 0) is 11.2 Å². The number of phenolic OH excluding ortho intramolecular Hbond substituents is 1. The number of benzene rings is 3. The standard InChI is InChI=1S/C22H15Cl2F3O5/c23-18-9-15(31-11-21(29)30)10-19(24)17(18)7-12-4-5-20(28)16(6-12)13-2-1-3-14(8-13)32-22(25,26)27/h1-6,8-10,28H,7,11H2,(H,29,30). The summed E-state index contributed by atoms with van der Waals surface area (Å²) in [6.45, 7) is -0.551. The fourth-order valence-corrected chi connectivity index (χ4v) is 3.57. The lowest BCUT2D eigenvalue weighted by molar-refractivity contribution is -0.274. The normalized spacial score (nSPS) is 11.3. The number of hydrogen-bond donors (Lipinski definition) is 2. The van der Waals surface area contributed by atoms with Crippen molar-refractivity contribution in [1.82, 2.24) is 0 Å². The number of alkyl halides is 3. The van der Waals surface area contributed by atoms with Gasteiger partial charge in [0.15, 0.2) is 6.61 Å². The summed E-state index contributed by atoms with van der Waals surface area (Å²) in [6, 6.07) is 12.7. The molecule has 0 spiro atoms. The lowest BCUT2D eigenvalue weighted by Gasteiger charge is -2.13. The van der Waals surface area contributed by atoms with Gasteiger partial charge in [-0.25, -0.2) is 4.79 Å². The summed E-state index contributed by atoms with van der Waals surface area (Å²) in [5.41, 5.74) is 1.81. The molecule has 0 bridgehead atoms. The first-order valence-electron chi connectivity index (χ1n) is 9.02. The molecule has 5 nitrogen and oxygen atoms in total. The van der Waals surface area contributed by atoms with E-state index in [0.29, 0.717) is 22.3 Å². The molecule has 3 aromatic carbocycles. The second kappa shape index (κ2) is 9.58. The van der Waals surface area contributed by atoms with Crippen molar-refractivity contribution in [3.05, 3.63) is 75.8 Å². The molecule has 0 fully saturated rings. The number of rotatable bonds is 7. The zero-order valence-electron chi connectivity index (χ0n) is 16.1. The van der Waals surface area contributed by atoms with Crippen molar-refractivity contribution in [2.24, 2.45) is 0 Å². The number of halogens is 5. The Morgan fingerprint density at radius 3 is 2.28 bits per heavy atom. The first-order valence-corrected chi connectivity index (χ1v) is 9.78. The van der Waals surface area contributed by atoms with Crippen LogP contribution in [0.1, 0.15) is 11.1 Å². The van der Waals surface area contributed by atoms with Gasteiger partial charge in [-0.05, 0) is 53.1 Å². The minimum Gasteiger partial charge on any atom is -0.507 e. The molecule has 10 heteroatoms. The van der Waals surface area contributed by atoms with E-state index in [1.165, 1.54) is 36.4 Å². The van der Waals surface area contributed by atoms with Crippen LogP contribution in [0.5, 0.6) is 17.2 Å². The summed E-state index contributed by atoms with van der Waals surface area (Å²) in [5, 5.41) is 19.4. The van der Waals surface area contributed by atoms with Crippen LogP contribution >= 0.6 is 23.2 Å². The maximum absolute atomic E-state index is 12.5. The van der Waals surface area contributed by atoms with Crippen molar-refractivity contribution >= 4 is 29.2 Å². The van der Waals surface area contributed by atoms with Crippen LogP contribution < -0.4 is 9.47 Å². The van der Waals surface area contributed by atoms with E-state index in [0.717, 1.165) is 6.07 Å². The predicted octanol–water partition coefficient (Wildman–Crippen LogP) is 6.32. The Hall–Kier alpha value is -3.10. The van der Waals surface area contributed by atoms with Gasteiger partial charge in [-0.2, -0.15) is 0 Å². The van der Waals surface area contributed by atoms with Gasteiger partial charge in [0.05, 0.1) is 0 Å². The lowest BCUT2D eigenvalue weighted by atomic mass is 9.98. The predicted molar refractivity (Wildman–Crippen MR) is 113 cm³/mol. The van der Waals surface area contributed by atoms with E-state index in [1.54, 1.807) is 12.1 Å². The number of aliphatic carboxylic acids is 1. The number of carboxylic acid groups (broad SMARTS) is 1. The highest BCUT2D eigenvalue weighted by atomic mass is 35.5. The SMILES string of the molecule is O=C(O)COc1cc(Cl)c(Cc2ccc(O)c(-c3cccc(OC(F)(F)F)c3)c2)c(Cl)c1. The van der Waals surface area contributed by atoms with Gasteiger partial charge in [0, 0.05) is 22.0 Å². The van der Waals surface area contributed by atoms with Crippen LogP contribution in [0, 0.1) is 0 Å². The Morgan fingerprint density at radius 2 is 1.66 bits per heavy atom. The summed E-state index contributed by atoms with van der Waals surface area (Å²) < 4.78 is 46.6. The molecule has 0 amide bonds. The van der Waals surface area contributed by atoms with Gasteiger partial charge in [-0.15, -0.1) is 13.2 Å². The third-order valence-electron chi connectivity index (χ3n) is 4.30. The zero-order valence-corrected chi connectivity index (χ0v) is 17.6. The molecule has 0 aliphatic heterocycles. The van der Waals surface area contributed by atoms with Crippen molar-refractivity contribution in [1.29, 1.82) is 0 Å². The van der Waals surface area contributed by atoms with Crippen molar-refractivity contribution in [3.63, 3.8) is 0 Å². The van der Waals surface area contributed by atoms with Crippen LogP contribution in [0.4, 0.5) is 13.2 Å². The van der Waals surface area contributed by atoms with Gasteiger partial charge >= 0.3 is 12.3 Å². The molecule has 0 unspecified atom stereocenters. The number of carboxylic acids is 1. The summed E-state index contributed by atoms with van der Waals surface area (Å²) in [6.07, 6.45) is -4.60. The number of ether oxygens (including phenoxy) is 2. The molecule has 0 saturated carbocycles. The molecule has 0 aliphatic carbocycles. The van der Waals surface area contributed by atoms with Gasteiger partial charge in [-0.3, -0.25) is 0 Å². The van der Waals surface area contributed by atoms with Crippen LogP contribution in [0.25, 0.3) is 11.1 Å². The minimum atomic E-state index is -4.84. The van der Waals surface area contributed by atoms with Crippen LogP contribution in [-0.4, -0.2) is 29.2 Å². The smallest absolute Gasteiger partial charge is 0.507 e. The largest absolute Gasteiger partial charge is 0.573 e. The Balaban J connectivity index is 1.89. The van der Waals surface area contributed by atoms with E-state index in [-0.39, 0.29) is 28.0 Å². The molecule has 0 saturated heterocycles. The van der Waals surface area contributed by atoms with E-state index in [9.17, 15) is 23.1 Å². The second-order valence-corrected chi connectivity index (χ2v) is 7.47. The minimum absolute atomic E-state index is 0.132. The van der Waals surface area contributed by atoms with Gasteiger partial charge < -0.3 is 19.7 Å². The molecule has 0 aromatic heterocycles. The number of carbonyl (C=O) groups is 1. The zero-order chi connectivity index (χ0) is 23.5. The van der Waals surface area contributed by atoms with Gasteiger partial charge in [0.2, 0.25) is 0 Å². The maximum atomic E-state index is 12.5. The highest BCUT2D eigenvalue weighted by Crippen LogP contribution is 2.36. The molecular formula is C22H15Cl2F3O5. The molecule has 168 valence electrons. The van der Waals surface area contributed by atoms with Crippen molar-refractivity contribution < 1.29 is 37.7 Å².